The molecule has 0 bridgehead atoms. The van der Waals surface area contributed by atoms with Gasteiger partial charge in [-0.3, -0.25) is 9.69 Å². The van der Waals surface area contributed by atoms with Gasteiger partial charge < -0.3 is 15.4 Å². The topological polar surface area (TPSA) is 70.7 Å². The average Bonchev–Trinajstić information content (AvgIpc) is 2.79. The van der Waals surface area contributed by atoms with Crippen LogP contribution in [0.1, 0.15) is 5.56 Å². The van der Waals surface area contributed by atoms with Crippen LogP contribution >= 0.6 is 0 Å². The number of cyclic esters (lactones) is 1. The summed E-state index contributed by atoms with van der Waals surface area (Å²) in [6.45, 7) is 3.60. The quantitative estimate of drug-likeness (QED) is 0.863. The molecule has 2 aliphatic rings. The average molecular weight is 307 g/mol. The SMILES string of the molecule is Cc1ccc(N2C[C@@H](CNC(=O)C3CNC3)OC2=O)cc1F. The van der Waals surface area contributed by atoms with Gasteiger partial charge in [0.15, 0.2) is 0 Å². The number of aryl methyl sites for hydroxylation is 1. The van der Waals surface area contributed by atoms with E-state index < -0.39 is 12.2 Å². The molecule has 2 heterocycles. The minimum Gasteiger partial charge on any atom is -0.442 e. The summed E-state index contributed by atoms with van der Waals surface area (Å²) in [4.78, 5) is 25.0. The molecule has 1 atom stereocenters. The molecule has 7 heteroatoms. The van der Waals surface area contributed by atoms with Crippen LogP contribution in [-0.4, -0.2) is 44.3 Å². The van der Waals surface area contributed by atoms with Gasteiger partial charge in [-0.1, -0.05) is 6.07 Å². The monoisotopic (exact) mass is 307 g/mol. The number of nitrogens with one attached hydrogen (secondary N) is 2. The Morgan fingerprint density at radius 1 is 1.50 bits per heavy atom. The highest BCUT2D eigenvalue weighted by molar-refractivity contribution is 5.90. The number of nitrogens with zero attached hydrogens (tertiary/aromatic N) is 1. The summed E-state index contributed by atoms with van der Waals surface area (Å²) in [5.41, 5.74) is 0.986. The predicted molar refractivity (Wildman–Crippen MR) is 78.1 cm³/mol. The molecule has 2 saturated heterocycles. The van der Waals surface area contributed by atoms with E-state index in [0.29, 0.717) is 30.9 Å². The minimum atomic E-state index is -0.521. The second kappa shape index (κ2) is 5.92. The number of amides is 2. The lowest BCUT2D eigenvalue weighted by molar-refractivity contribution is -0.126. The third-order valence-electron chi connectivity index (χ3n) is 4.00. The molecule has 2 amide bonds. The van der Waals surface area contributed by atoms with Crippen LogP contribution in [0, 0.1) is 18.7 Å². The van der Waals surface area contributed by atoms with Crippen molar-refractivity contribution in [2.24, 2.45) is 5.92 Å². The van der Waals surface area contributed by atoms with Gasteiger partial charge in [0.2, 0.25) is 5.91 Å². The molecule has 22 heavy (non-hydrogen) atoms. The van der Waals surface area contributed by atoms with Gasteiger partial charge in [-0.2, -0.15) is 0 Å². The highest BCUT2D eigenvalue weighted by Gasteiger charge is 2.33. The Morgan fingerprint density at radius 2 is 2.27 bits per heavy atom. The number of ether oxygens (including phenoxy) is 1. The molecule has 2 aliphatic heterocycles. The fourth-order valence-electron chi connectivity index (χ4n) is 2.42. The predicted octanol–water partition coefficient (Wildman–Crippen LogP) is 0.795. The van der Waals surface area contributed by atoms with Crippen molar-refractivity contribution < 1.29 is 18.7 Å². The third kappa shape index (κ3) is 2.89. The minimum absolute atomic E-state index is 0.000554. The lowest BCUT2D eigenvalue weighted by atomic mass is 10.0. The Kier molecular flexibility index (Phi) is 3.98. The maximum Gasteiger partial charge on any atom is 0.414 e. The van der Waals surface area contributed by atoms with Crippen LogP contribution in [0.25, 0.3) is 0 Å². The van der Waals surface area contributed by atoms with Crippen LogP contribution in [0.4, 0.5) is 14.9 Å². The Labute approximate surface area is 127 Å². The molecule has 2 fully saturated rings. The van der Waals surface area contributed by atoms with Crippen molar-refractivity contribution in [2.45, 2.75) is 13.0 Å². The van der Waals surface area contributed by atoms with E-state index in [-0.39, 0.29) is 24.2 Å². The van der Waals surface area contributed by atoms with Crippen molar-refractivity contribution in [3.63, 3.8) is 0 Å². The summed E-state index contributed by atoms with van der Waals surface area (Å²) in [6, 6.07) is 4.62. The molecule has 1 aromatic rings. The van der Waals surface area contributed by atoms with Crippen molar-refractivity contribution in [1.82, 2.24) is 10.6 Å². The van der Waals surface area contributed by atoms with Crippen LogP contribution in [-0.2, 0) is 9.53 Å². The van der Waals surface area contributed by atoms with E-state index in [1.165, 1.54) is 11.0 Å². The van der Waals surface area contributed by atoms with Crippen molar-refractivity contribution in [3.05, 3.63) is 29.6 Å². The molecular formula is C15H18FN3O3. The summed E-state index contributed by atoms with van der Waals surface area (Å²) in [7, 11) is 0. The van der Waals surface area contributed by atoms with Gasteiger partial charge in [-0.25, -0.2) is 9.18 Å². The molecule has 0 saturated carbocycles. The molecule has 0 spiro atoms. The highest BCUT2D eigenvalue weighted by Crippen LogP contribution is 2.23. The van der Waals surface area contributed by atoms with E-state index >= 15 is 0 Å². The normalized spacial score (nSPS) is 21.5. The number of rotatable bonds is 4. The second-order valence-corrected chi connectivity index (χ2v) is 5.65. The molecular weight excluding hydrogens is 289 g/mol. The van der Waals surface area contributed by atoms with Crippen LogP contribution in [0.2, 0.25) is 0 Å². The van der Waals surface area contributed by atoms with Crippen molar-refractivity contribution in [3.8, 4) is 0 Å². The molecule has 0 aliphatic carbocycles. The fourth-order valence-corrected chi connectivity index (χ4v) is 2.42. The maximum absolute atomic E-state index is 13.6. The number of hydrogen-bond acceptors (Lipinski definition) is 4. The maximum atomic E-state index is 13.6. The molecule has 6 nitrogen and oxygen atoms in total. The van der Waals surface area contributed by atoms with Gasteiger partial charge in [0.1, 0.15) is 11.9 Å². The van der Waals surface area contributed by atoms with Gasteiger partial charge in [-0.05, 0) is 24.6 Å². The van der Waals surface area contributed by atoms with Gasteiger partial charge in [0.05, 0.1) is 24.7 Å². The number of benzene rings is 1. The van der Waals surface area contributed by atoms with Crippen LogP contribution in [0.5, 0.6) is 0 Å². The Hall–Kier alpha value is -2.15. The standard InChI is InChI=1S/C15H18FN3O3/c1-9-2-3-11(4-13(9)16)19-8-12(22-15(19)21)7-18-14(20)10-5-17-6-10/h2-4,10,12,17H,5-8H2,1H3,(H,18,20)/t12-/m1/s1. The Morgan fingerprint density at radius 3 is 2.91 bits per heavy atom. The van der Waals surface area contributed by atoms with Gasteiger partial charge in [0.25, 0.3) is 0 Å². The zero-order chi connectivity index (χ0) is 15.7. The number of hydrogen-bond donors (Lipinski definition) is 2. The summed E-state index contributed by atoms with van der Waals surface area (Å²) in [5.74, 6) is -0.395. The number of anilines is 1. The molecule has 0 unspecified atom stereocenters. The lowest BCUT2D eigenvalue weighted by Gasteiger charge is -2.26. The van der Waals surface area contributed by atoms with Crippen molar-refractivity contribution in [1.29, 1.82) is 0 Å². The molecule has 1 aromatic carbocycles. The van der Waals surface area contributed by atoms with Crippen molar-refractivity contribution >= 4 is 17.7 Å². The molecule has 0 aromatic heterocycles. The molecule has 2 N–H and O–H groups in total. The zero-order valence-corrected chi connectivity index (χ0v) is 12.3. The van der Waals surface area contributed by atoms with Gasteiger partial charge in [0, 0.05) is 13.1 Å². The first-order valence-corrected chi connectivity index (χ1v) is 7.27. The first-order valence-electron chi connectivity index (χ1n) is 7.27. The van der Waals surface area contributed by atoms with E-state index in [0.717, 1.165) is 0 Å². The van der Waals surface area contributed by atoms with Gasteiger partial charge >= 0.3 is 6.09 Å². The van der Waals surface area contributed by atoms with Crippen LogP contribution < -0.4 is 15.5 Å². The van der Waals surface area contributed by atoms with Gasteiger partial charge in [-0.15, -0.1) is 0 Å². The molecule has 118 valence electrons. The second-order valence-electron chi connectivity index (χ2n) is 5.65. The highest BCUT2D eigenvalue weighted by atomic mass is 19.1. The van der Waals surface area contributed by atoms with E-state index in [2.05, 4.69) is 10.6 Å². The third-order valence-corrected chi connectivity index (χ3v) is 4.00. The van der Waals surface area contributed by atoms with E-state index in [9.17, 15) is 14.0 Å². The van der Waals surface area contributed by atoms with E-state index in [1.807, 2.05) is 0 Å². The summed E-state index contributed by atoms with van der Waals surface area (Å²) < 4.78 is 18.8. The van der Waals surface area contributed by atoms with Crippen LogP contribution in [0.15, 0.2) is 18.2 Å². The first-order chi connectivity index (χ1) is 10.5. The Balaban J connectivity index is 1.58. The number of carbonyl (C=O) groups excluding carboxylic acids is 2. The summed E-state index contributed by atoms with van der Waals surface area (Å²) in [6.07, 6.45) is -0.943. The number of carbonyl (C=O) groups is 2. The smallest absolute Gasteiger partial charge is 0.414 e. The fraction of sp³-hybridized carbons (Fsp3) is 0.467. The Bertz CT molecular complexity index is 604. The molecule has 0 radical (unpaired) electrons. The van der Waals surface area contributed by atoms with Crippen molar-refractivity contribution in [2.75, 3.05) is 31.1 Å². The first kappa shape index (κ1) is 14.8. The lowest BCUT2D eigenvalue weighted by Crippen LogP contribution is -2.52. The summed E-state index contributed by atoms with van der Waals surface area (Å²) >= 11 is 0. The van der Waals surface area contributed by atoms with E-state index in [4.69, 9.17) is 4.74 Å². The largest absolute Gasteiger partial charge is 0.442 e. The molecule has 3 rings (SSSR count). The number of halogens is 1. The van der Waals surface area contributed by atoms with Crippen LogP contribution in [0.3, 0.4) is 0 Å². The zero-order valence-electron chi connectivity index (χ0n) is 12.3. The van der Waals surface area contributed by atoms with E-state index in [1.54, 1.807) is 19.1 Å². The summed E-state index contributed by atoms with van der Waals surface area (Å²) in [5, 5.41) is 5.81.